The van der Waals surface area contributed by atoms with Crippen molar-refractivity contribution in [2.45, 2.75) is 31.6 Å². The summed E-state index contributed by atoms with van der Waals surface area (Å²) in [7, 11) is -3.85. The molecule has 0 unspecified atom stereocenters. The van der Waals surface area contributed by atoms with Crippen LogP contribution in [-0.4, -0.2) is 20.9 Å². The van der Waals surface area contributed by atoms with Crippen LogP contribution in [-0.2, 0) is 14.8 Å². The molecule has 0 saturated heterocycles. The Morgan fingerprint density at radius 3 is 2.37 bits per heavy atom. The maximum atomic E-state index is 13.4. The first-order valence-electron chi connectivity index (χ1n) is 9.90. The van der Waals surface area contributed by atoms with Crippen molar-refractivity contribution in [3.05, 3.63) is 77.9 Å². The van der Waals surface area contributed by atoms with Gasteiger partial charge in [0.2, 0.25) is 5.91 Å². The molecule has 0 bridgehead atoms. The van der Waals surface area contributed by atoms with E-state index in [2.05, 4.69) is 19.2 Å². The summed E-state index contributed by atoms with van der Waals surface area (Å²) in [6.45, 7) is 5.87. The molecule has 4 rings (SSSR count). The molecule has 3 aromatic carbocycles. The summed E-state index contributed by atoms with van der Waals surface area (Å²) >= 11 is 0. The molecule has 3 aromatic rings. The molecule has 30 heavy (non-hydrogen) atoms. The van der Waals surface area contributed by atoms with Crippen molar-refractivity contribution in [3.8, 4) is 11.1 Å². The number of carbonyl (C=O) groups is 1. The molecule has 1 heterocycles. The Kier molecular flexibility index (Phi) is 5.12. The van der Waals surface area contributed by atoms with E-state index in [1.165, 1.54) is 4.31 Å². The molecule has 5 nitrogen and oxygen atoms in total. The summed E-state index contributed by atoms with van der Waals surface area (Å²) in [4.78, 5) is 13.0. The number of hydrogen-bond acceptors (Lipinski definition) is 3. The highest BCUT2D eigenvalue weighted by molar-refractivity contribution is 7.93. The van der Waals surface area contributed by atoms with Gasteiger partial charge in [0, 0.05) is 16.8 Å². The zero-order valence-electron chi connectivity index (χ0n) is 17.2. The van der Waals surface area contributed by atoms with Gasteiger partial charge in [-0.3, -0.25) is 9.10 Å². The predicted octanol–water partition coefficient (Wildman–Crippen LogP) is 4.93. The molecule has 0 atom stereocenters. The largest absolute Gasteiger partial charge is 0.325 e. The maximum Gasteiger partial charge on any atom is 0.265 e. The van der Waals surface area contributed by atoms with E-state index in [0.717, 1.165) is 16.7 Å². The highest BCUT2D eigenvalue weighted by Crippen LogP contribution is 2.43. The molecule has 0 spiro atoms. The number of rotatable bonds is 4. The Morgan fingerprint density at radius 1 is 0.967 bits per heavy atom. The highest BCUT2D eigenvalue weighted by atomic mass is 32.2. The van der Waals surface area contributed by atoms with E-state index in [-0.39, 0.29) is 17.3 Å². The maximum absolute atomic E-state index is 13.4. The number of amides is 1. The van der Waals surface area contributed by atoms with Gasteiger partial charge in [0.1, 0.15) is 6.54 Å². The van der Waals surface area contributed by atoms with E-state index in [1.807, 2.05) is 43.3 Å². The van der Waals surface area contributed by atoms with Gasteiger partial charge in [0.05, 0.1) is 10.6 Å². The summed E-state index contributed by atoms with van der Waals surface area (Å²) in [6, 6.07) is 20.1. The first-order chi connectivity index (χ1) is 14.3. The predicted molar refractivity (Wildman–Crippen MR) is 120 cm³/mol. The first kappa shape index (κ1) is 20.2. The quantitative estimate of drug-likeness (QED) is 0.651. The Morgan fingerprint density at radius 2 is 1.67 bits per heavy atom. The van der Waals surface area contributed by atoms with Crippen LogP contribution < -0.4 is 9.62 Å². The number of nitrogens with one attached hydrogen (secondary N) is 1. The second-order valence-corrected chi connectivity index (χ2v) is 9.68. The third-order valence-corrected chi connectivity index (χ3v) is 7.14. The van der Waals surface area contributed by atoms with Crippen molar-refractivity contribution in [1.82, 2.24) is 0 Å². The van der Waals surface area contributed by atoms with E-state index in [4.69, 9.17) is 0 Å². The lowest BCUT2D eigenvalue weighted by molar-refractivity contribution is -0.114. The number of aryl methyl sites for hydroxylation is 1. The van der Waals surface area contributed by atoms with Crippen LogP contribution in [0.15, 0.2) is 71.6 Å². The van der Waals surface area contributed by atoms with Gasteiger partial charge in [-0.15, -0.1) is 0 Å². The van der Waals surface area contributed by atoms with E-state index in [0.29, 0.717) is 22.9 Å². The Hall–Kier alpha value is -3.12. The molecule has 0 fully saturated rings. The summed E-state index contributed by atoms with van der Waals surface area (Å²) in [5.41, 5.74) is 4.86. The summed E-state index contributed by atoms with van der Waals surface area (Å²) in [5, 5.41) is 2.79. The van der Waals surface area contributed by atoms with Crippen LogP contribution >= 0.6 is 0 Å². The molecule has 6 heteroatoms. The van der Waals surface area contributed by atoms with Crippen LogP contribution in [0.1, 0.15) is 30.9 Å². The fourth-order valence-electron chi connectivity index (χ4n) is 3.65. The lowest BCUT2D eigenvalue weighted by Crippen LogP contribution is -2.40. The number of hydrogen-bond donors (Lipinski definition) is 1. The van der Waals surface area contributed by atoms with Crippen molar-refractivity contribution >= 4 is 27.3 Å². The number of sulfonamides is 1. The summed E-state index contributed by atoms with van der Waals surface area (Å²) in [6.07, 6.45) is 0. The van der Waals surface area contributed by atoms with Crippen LogP contribution in [0.2, 0.25) is 0 Å². The van der Waals surface area contributed by atoms with Crippen molar-refractivity contribution in [2.75, 3.05) is 16.2 Å². The second kappa shape index (κ2) is 7.61. The van der Waals surface area contributed by atoms with Crippen LogP contribution in [0, 0.1) is 6.92 Å². The van der Waals surface area contributed by atoms with Crippen LogP contribution in [0.3, 0.4) is 0 Å². The third kappa shape index (κ3) is 3.59. The minimum atomic E-state index is -3.85. The normalized spacial score (nSPS) is 14.2. The van der Waals surface area contributed by atoms with E-state index in [9.17, 15) is 13.2 Å². The zero-order chi connectivity index (χ0) is 21.5. The minimum absolute atomic E-state index is 0.224. The molecular formula is C24H24N2O3S. The SMILES string of the molecule is Cc1ccc(NC(=O)CN2c3ccc(C(C)C)cc3-c3ccccc3S2(=O)=O)cc1. The van der Waals surface area contributed by atoms with Crippen LogP contribution in [0.4, 0.5) is 11.4 Å². The molecule has 0 aromatic heterocycles. The Labute approximate surface area is 177 Å². The Balaban J connectivity index is 1.74. The van der Waals surface area contributed by atoms with Gasteiger partial charge in [-0.2, -0.15) is 0 Å². The average Bonchev–Trinajstić information content (AvgIpc) is 2.72. The molecular weight excluding hydrogens is 396 g/mol. The average molecular weight is 421 g/mol. The van der Waals surface area contributed by atoms with Crippen LogP contribution in [0.5, 0.6) is 0 Å². The van der Waals surface area contributed by atoms with Gasteiger partial charge < -0.3 is 5.32 Å². The topological polar surface area (TPSA) is 66.5 Å². The fourth-order valence-corrected chi connectivity index (χ4v) is 5.30. The van der Waals surface area contributed by atoms with Gasteiger partial charge in [-0.1, -0.05) is 55.8 Å². The van der Waals surface area contributed by atoms with Crippen molar-refractivity contribution in [3.63, 3.8) is 0 Å². The second-order valence-electron chi connectivity index (χ2n) is 7.85. The lowest BCUT2D eigenvalue weighted by atomic mass is 9.95. The Bertz CT molecular complexity index is 1220. The molecule has 1 N–H and O–H groups in total. The van der Waals surface area contributed by atoms with Crippen molar-refractivity contribution in [1.29, 1.82) is 0 Å². The van der Waals surface area contributed by atoms with Gasteiger partial charge >= 0.3 is 0 Å². The monoisotopic (exact) mass is 420 g/mol. The summed E-state index contributed by atoms with van der Waals surface area (Å²) < 4.78 is 27.9. The van der Waals surface area contributed by atoms with E-state index < -0.39 is 10.0 Å². The smallest absolute Gasteiger partial charge is 0.265 e. The van der Waals surface area contributed by atoms with Gasteiger partial charge in [-0.25, -0.2) is 8.42 Å². The molecule has 0 aliphatic carbocycles. The fraction of sp³-hybridized carbons (Fsp3) is 0.208. The molecule has 0 saturated carbocycles. The number of fused-ring (bicyclic) bond motifs is 3. The van der Waals surface area contributed by atoms with Crippen molar-refractivity contribution < 1.29 is 13.2 Å². The minimum Gasteiger partial charge on any atom is -0.325 e. The number of nitrogens with zero attached hydrogens (tertiary/aromatic N) is 1. The van der Waals surface area contributed by atoms with Crippen LogP contribution in [0.25, 0.3) is 11.1 Å². The third-order valence-electron chi connectivity index (χ3n) is 5.32. The number of anilines is 2. The standard InChI is InChI=1S/C24H24N2O3S/c1-16(2)18-10-13-22-21(14-18)20-6-4-5-7-23(20)30(28,29)26(22)15-24(27)25-19-11-8-17(3)9-12-19/h4-14,16H,15H2,1-3H3,(H,25,27). The molecule has 1 aliphatic rings. The highest BCUT2D eigenvalue weighted by Gasteiger charge is 2.36. The van der Waals surface area contributed by atoms with Crippen molar-refractivity contribution in [2.24, 2.45) is 0 Å². The van der Waals surface area contributed by atoms with E-state index >= 15 is 0 Å². The lowest BCUT2D eigenvalue weighted by Gasteiger charge is -2.32. The van der Waals surface area contributed by atoms with Gasteiger partial charge in [-0.05, 0) is 48.7 Å². The summed E-state index contributed by atoms with van der Waals surface area (Å²) in [5.74, 6) is -0.0834. The molecule has 154 valence electrons. The van der Waals surface area contributed by atoms with E-state index in [1.54, 1.807) is 30.3 Å². The zero-order valence-corrected chi connectivity index (χ0v) is 18.0. The van der Waals surface area contributed by atoms with Gasteiger partial charge in [0.25, 0.3) is 10.0 Å². The molecule has 1 aliphatic heterocycles. The molecule has 0 radical (unpaired) electrons. The number of benzene rings is 3. The van der Waals surface area contributed by atoms with Gasteiger partial charge in [0.15, 0.2) is 0 Å². The first-order valence-corrected chi connectivity index (χ1v) is 11.3. The number of carbonyl (C=O) groups excluding carboxylic acids is 1. The molecule has 1 amide bonds.